The molecule has 0 amide bonds. The summed E-state index contributed by atoms with van der Waals surface area (Å²) in [6.07, 6.45) is 1.56. The molecular formula is C20H21NO3S. The Balaban J connectivity index is 2.01. The Kier molecular flexibility index (Phi) is 5.06. The molecule has 0 N–H and O–H groups in total. The van der Waals surface area contributed by atoms with Crippen molar-refractivity contribution in [3.05, 3.63) is 89.4 Å². The Morgan fingerprint density at radius 3 is 2.36 bits per heavy atom. The summed E-state index contributed by atoms with van der Waals surface area (Å²) in [6.45, 7) is 4.20. The molecule has 0 saturated carbocycles. The smallest absolute Gasteiger partial charge is 0.244 e. The molecule has 0 aliphatic heterocycles. The van der Waals surface area contributed by atoms with E-state index in [4.69, 9.17) is 4.42 Å². The summed E-state index contributed by atoms with van der Waals surface area (Å²) in [5, 5.41) is 0. The molecule has 0 atom stereocenters. The van der Waals surface area contributed by atoms with Gasteiger partial charge in [0.25, 0.3) is 0 Å². The molecule has 0 unspecified atom stereocenters. The number of nitrogens with zero attached hydrogens (tertiary/aromatic N) is 1. The van der Waals surface area contributed by atoms with Gasteiger partial charge in [0.15, 0.2) is 0 Å². The van der Waals surface area contributed by atoms with Crippen LogP contribution in [0.1, 0.15) is 22.5 Å². The van der Waals surface area contributed by atoms with E-state index in [1.54, 1.807) is 24.5 Å². The van der Waals surface area contributed by atoms with Gasteiger partial charge in [0, 0.05) is 6.54 Å². The zero-order valence-electron chi connectivity index (χ0n) is 14.3. The van der Waals surface area contributed by atoms with Crippen molar-refractivity contribution in [3.63, 3.8) is 0 Å². The highest BCUT2D eigenvalue weighted by Crippen LogP contribution is 2.25. The van der Waals surface area contributed by atoms with Crippen LogP contribution >= 0.6 is 0 Å². The monoisotopic (exact) mass is 355 g/mol. The predicted octanol–water partition coefficient (Wildman–Crippen LogP) is 4.29. The van der Waals surface area contributed by atoms with Crippen molar-refractivity contribution in [1.82, 2.24) is 4.31 Å². The van der Waals surface area contributed by atoms with Crippen molar-refractivity contribution in [2.24, 2.45) is 0 Å². The molecule has 0 bridgehead atoms. The van der Waals surface area contributed by atoms with Crippen LogP contribution in [0.4, 0.5) is 0 Å². The van der Waals surface area contributed by atoms with Crippen LogP contribution in [0.3, 0.4) is 0 Å². The van der Waals surface area contributed by atoms with Gasteiger partial charge in [0.1, 0.15) is 5.76 Å². The molecule has 3 aromatic rings. The molecule has 25 heavy (non-hydrogen) atoms. The van der Waals surface area contributed by atoms with Crippen molar-refractivity contribution in [3.8, 4) is 0 Å². The molecular weight excluding hydrogens is 334 g/mol. The van der Waals surface area contributed by atoms with Crippen LogP contribution in [0.25, 0.3) is 0 Å². The molecule has 2 aromatic carbocycles. The fourth-order valence-electron chi connectivity index (χ4n) is 2.71. The van der Waals surface area contributed by atoms with Gasteiger partial charge < -0.3 is 4.42 Å². The maximum absolute atomic E-state index is 13.3. The van der Waals surface area contributed by atoms with Crippen LogP contribution in [0.15, 0.2) is 76.2 Å². The van der Waals surface area contributed by atoms with E-state index < -0.39 is 10.0 Å². The summed E-state index contributed by atoms with van der Waals surface area (Å²) >= 11 is 0. The van der Waals surface area contributed by atoms with Crippen LogP contribution in [0, 0.1) is 13.8 Å². The first-order valence-electron chi connectivity index (χ1n) is 8.10. The van der Waals surface area contributed by atoms with Gasteiger partial charge in [-0.25, -0.2) is 8.42 Å². The van der Waals surface area contributed by atoms with E-state index in [2.05, 4.69) is 0 Å². The quantitative estimate of drug-likeness (QED) is 0.663. The zero-order chi connectivity index (χ0) is 17.9. The minimum absolute atomic E-state index is 0.192. The standard InChI is InChI=1S/C20H21NO3S/c1-16-10-11-17(2)20(13-16)25(22,23)21(15-19-9-6-12-24-19)14-18-7-4-3-5-8-18/h3-13H,14-15H2,1-2H3. The van der Waals surface area contributed by atoms with Gasteiger partial charge >= 0.3 is 0 Å². The molecule has 0 spiro atoms. The van der Waals surface area contributed by atoms with Crippen molar-refractivity contribution in [2.45, 2.75) is 31.8 Å². The Morgan fingerprint density at radius 2 is 1.68 bits per heavy atom. The van der Waals surface area contributed by atoms with Crippen LogP contribution < -0.4 is 0 Å². The van der Waals surface area contributed by atoms with Gasteiger partial charge in [-0.2, -0.15) is 4.31 Å². The minimum atomic E-state index is -3.66. The third-order valence-electron chi connectivity index (χ3n) is 4.08. The van der Waals surface area contributed by atoms with E-state index in [1.807, 2.05) is 56.3 Å². The van der Waals surface area contributed by atoms with E-state index in [1.165, 1.54) is 4.31 Å². The van der Waals surface area contributed by atoms with E-state index in [-0.39, 0.29) is 13.1 Å². The third-order valence-corrected chi connectivity index (χ3v) is 6.01. The molecule has 0 aliphatic carbocycles. The number of hydrogen-bond donors (Lipinski definition) is 0. The Labute approximate surface area is 148 Å². The number of sulfonamides is 1. The number of furan rings is 1. The number of benzene rings is 2. The normalized spacial score (nSPS) is 11.8. The highest BCUT2D eigenvalue weighted by Gasteiger charge is 2.27. The summed E-state index contributed by atoms with van der Waals surface area (Å²) in [5.41, 5.74) is 2.59. The van der Waals surface area contributed by atoms with E-state index in [0.717, 1.165) is 16.7 Å². The molecule has 1 heterocycles. The lowest BCUT2D eigenvalue weighted by Gasteiger charge is -2.22. The predicted molar refractivity (Wildman–Crippen MR) is 97.5 cm³/mol. The lowest BCUT2D eigenvalue weighted by Crippen LogP contribution is -2.30. The van der Waals surface area contributed by atoms with Gasteiger partial charge in [-0.05, 0) is 48.7 Å². The largest absolute Gasteiger partial charge is 0.468 e. The molecule has 0 fully saturated rings. The van der Waals surface area contributed by atoms with Crippen LogP contribution in [-0.2, 0) is 23.1 Å². The Bertz CT molecular complexity index is 932. The molecule has 130 valence electrons. The molecule has 0 saturated heterocycles. The first-order valence-corrected chi connectivity index (χ1v) is 9.54. The van der Waals surface area contributed by atoms with Crippen molar-refractivity contribution in [1.29, 1.82) is 0 Å². The maximum atomic E-state index is 13.3. The average Bonchev–Trinajstić information content (AvgIpc) is 3.10. The molecule has 1 aromatic heterocycles. The average molecular weight is 355 g/mol. The van der Waals surface area contributed by atoms with Gasteiger partial charge in [0.2, 0.25) is 10.0 Å². The molecule has 0 aliphatic rings. The van der Waals surface area contributed by atoms with Gasteiger partial charge in [-0.3, -0.25) is 0 Å². The second-order valence-electron chi connectivity index (χ2n) is 6.11. The lowest BCUT2D eigenvalue weighted by molar-refractivity contribution is 0.358. The van der Waals surface area contributed by atoms with Gasteiger partial charge in [0.05, 0.1) is 17.7 Å². The topological polar surface area (TPSA) is 50.5 Å². The van der Waals surface area contributed by atoms with E-state index >= 15 is 0 Å². The zero-order valence-corrected chi connectivity index (χ0v) is 15.2. The second kappa shape index (κ2) is 7.25. The summed E-state index contributed by atoms with van der Waals surface area (Å²) in [7, 11) is -3.66. The Hall–Kier alpha value is -2.37. The van der Waals surface area contributed by atoms with E-state index in [9.17, 15) is 8.42 Å². The molecule has 4 nitrogen and oxygen atoms in total. The first kappa shape index (κ1) is 17.5. The number of hydrogen-bond acceptors (Lipinski definition) is 3. The van der Waals surface area contributed by atoms with Crippen molar-refractivity contribution in [2.75, 3.05) is 0 Å². The van der Waals surface area contributed by atoms with Crippen LogP contribution in [0.5, 0.6) is 0 Å². The molecule has 0 radical (unpaired) electrons. The highest BCUT2D eigenvalue weighted by molar-refractivity contribution is 7.89. The van der Waals surface area contributed by atoms with Crippen molar-refractivity contribution < 1.29 is 12.8 Å². The first-order chi connectivity index (χ1) is 12.0. The lowest BCUT2D eigenvalue weighted by atomic mass is 10.2. The van der Waals surface area contributed by atoms with Crippen LogP contribution in [0.2, 0.25) is 0 Å². The van der Waals surface area contributed by atoms with Gasteiger partial charge in [-0.15, -0.1) is 0 Å². The van der Waals surface area contributed by atoms with Crippen LogP contribution in [-0.4, -0.2) is 12.7 Å². The summed E-state index contributed by atoms with van der Waals surface area (Å²) in [5.74, 6) is 0.616. The fourth-order valence-corrected chi connectivity index (χ4v) is 4.42. The van der Waals surface area contributed by atoms with Crippen molar-refractivity contribution >= 4 is 10.0 Å². The maximum Gasteiger partial charge on any atom is 0.244 e. The SMILES string of the molecule is Cc1ccc(C)c(S(=O)(=O)N(Cc2ccccc2)Cc2ccco2)c1. The van der Waals surface area contributed by atoms with Gasteiger partial charge in [-0.1, -0.05) is 42.5 Å². The number of rotatable bonds is 6. The third kappa shape index (κ3) is 4.00. The molecule has 3 rings (SSSR count). The summed E-state index contributed by atoms with van der Waals surface area (Å²) in [4.78, 5) is 0.343. The fraction of sp³-hybridized carbons (Fsp3) is 0.200. The summed E-state index contributed by atoms with van der Waals surface area (Å²) < 4.78 is 33.5. The summed E-state index contributed by atoms with van der Waals surface area (Å²) in [6, 6.07) is 18.6. The highest BCUT2D eigenvalue weighted by atomic mass is 32.2. The number of aryl methyl sites for hydroxylation is 2. The second-order valence-corrected chi connectivity index (χ2v) is 8.01. The molecule has 5 heteroatoms. The minimum Gasteiger partial charge on any atom is -0.468 e. The van der Waals surface area contributed by atoms with E-state index in [0.29, 0.717) is 10.7 Å². The Morgan fingerprint density at radius 1 is 0.920 bits per heavy atom.